The molecule has 0 aliphatic rings. The minimum Gasteiger partial charge on any atom is -0.495 e. The zero-order chi connectivity index (χ0) is 19.3. The molecule has 3 aromatic rings. The van der Waals surface area contributed by atoms with Crippen LogP contribution in [0.4, 0.5) is 19.6 Å². The van der Waals surface area contributed by atoms with E-state index in [1.165, 1.54) is 44.6 Å². The molecule has 0 spiro atoms. The first-order chi connectivity index (χ1) is 12.3. The summed E-state index contributed by atoms with van der Waals surface area (Å²) in [7, 11) is 3.00. The Morgan fingerprint density at radius 2 is 1.78 bits per heavy atom. The van der Waals surface area contributed by atoms with Gasteiger partial charge >= 0.3 is 0 Å². The average molecular weight is 479 g/mol. The van der Waals surface area contributed by atoms with Crippen LogP contribution in [0, 0.1) is 11.6 Å². The number of thiocarbonyl (C=S) groups is 1. The molecular formula is C16H17BrF2N4O2S2. The normalized spacial score (nSPS) is 9.63. The maximum atomic E-state index is 13.2. The Balaban J connectivity index is 0.000000260. The number of hydrogen-bond donors (Lipinski definition) is 3. The van der Waals surface area contributed by atoms with E-state index in [0.717, 1.165) is 11.3 Å². The van der Waals surface area contributed by atoms with Crippen molar-refractivity contribution in [1.29, 1.82) is 0 Å². The smallest absolute Gasteiger partial charge is 0.181 e. The predicted molar refractivity (Wildman–Crippen MR) is 114 cm³/mol. The fourth-order valence-corrected chi connectivity index (χ4v) is 2.91. The highest BCUT2D eigenvalue weighted by Gasteiger charge is 2.11. The van der Waals surface area contributed by atoms with Crippen molar-refractivity contribution in [2.45, 2.75) is 0 Å². The second kappa shape index (κ2) is 10.2. The van der Waals surface area contributed by atoms with E-state index in [1.54, 1.807) is 0 Å². The predicted octanol–water partition coefficient (Wildman–Crippen LogP) is 4.09. The topological polar surface area (TPSA) is 95.4 Å². The Hall–Kier alpha value is -2.24. The van der Waals surface area contributed by atoms with Gasteiger partial charge in [-0.3, -0.25) is 0 Å². The summed E-state index contributed by atoms with van der Waals surface area (Å²) >= 11 is 5.74. The molecule has 0 saturated carbocycles. The third kappa shape index (κ3) is 5.88. The van der Waals surface area contributed by atoms with E-state index in [4.69, 9.17) is 20.9 Å². The van der Waals surface area contributed by atoms with Gasteiger partial charge in [0.2, 0.25) is 0 Å². The fraction of sp³-hybridized carbons (Fsp3) is 0.125. The minimum absolute atomic E-state index is 0. The fourth-order valence-electron chi connectivity index (χ4n) is 2.04. The number of aromatic nitrogens is 1. The monoisotopic (exact) mass is 478 g/mol. The molecule has 0 saturated heterocycles. The second-order valence-corrected chi connectivity index (χ2v) is 6.28. The number of anilines is 2. The molecule has 5 N–H and O–H groups in total. The number of hydrogen-bond acceptors (Lipinski definition) is 6. The molecule has 3 rings (SSSR count). The SMILES string of the molecule is Br.COc1ccc(F)c2sc(N)nc12.COc1ccc(F)cc1NC(N)=S. The molecule has 0 amide bonds. The first-order valence-electron chi connectivity index (χ1n) is 7.14. The van der Waals surface area contributed by atoms with Crippen LogP contribution in [0.3, 0.4) is 0 Å². The molecule has 0 unspecified atom stereocenters. The molecule has 146 valence electrons. The van der Waals surface area contributed by atoms with Crippen molar-refractivity contribution in [2.24, 2.45) is 5.73 Å². The molecule has 27 heavy (non-hydrogen) atoms. The van der Waals surface area contributed by atoms with Gasteiger partial charge in [0.15, 0.2) is 10.2 Å². The minimum atomic E-state index is -0.375. The van der Waals surface area contributed by atoms with Crippen LogP contribution in [0.25, 0.3) is 10.2 Å². The molecule has 1 heterocycles. The van der Waals surface area contributed by atoms with Crippen LogP contribution in [-0.2, 0) is 0 Å². The summed E-state index contributed by atoms with van der Waals surface area (Å²) in [5.41, 5.74) is 11.6. The maximum absolute atomic E-state index is 13.2. The highest BCUT2D eigenvalue weighted by Crippen LogP contribution is 2.32. The summed E-state index contributed by atoms with van der Waals surface area (Å²) in [6.07, 6.45) is 0. The van der Waals surface area contributed by atoms with Crippen LogP contribution in [0.1, 0.15) is 0 Å². The van der Waals surface area contributed by atoms with Gasteiger partial charge in [-0.25, -0.2) is 13.8 Å². The summed E-state index contributed by atoms with van der Waals surface area (Å²) in [4.78, 5) is 3.98. The van der Waals surface area contributed by atoms with Gasteiger partial charge in [0.1, 0.15) is 28.7 Å². The summed E-state index contributed by atoms with van der Waals surface area (Å²) in [5.74, 6) is 0.350. The number of halogens is 3. The van der Waals surface area contributed by atoms with Gasteiger partial charge in [-0.15, -0.1) is 17.0 Å². The van der Waals surface area contributed by atoms with E-state index in [-0.39, 0.29) is 33.7 Å². The first-order valence-corrected chi connectivity index (χ1v) is 8.36. The number of benzene rings is 2. The number of nitrogens with one attached hydrogen (secondary N) is 1. The first kappa shape index (κ1) is 22.8. The Morgan fingerprint density at radius 3 is 2.37 bits per heavy atom. The number of nitrogen functional groups attached to an aromatic ring is 1. The van der Waals surface area contributed by atoms with E-state index >= 15 is 0 Å². The van der Waals surface area contributed by atoms with Crippen molar-refractivity contribution in [2.75, 3.05) is 25.3 Å². The number of fused-ring (bicyclic) bond motifs is 1. The van der Waals surface area contributed by atoms with Crippen molar-refractivity contribution >= 4 is 66.7 Å². The van der Waals surface area contributed by atoms with Gasteiger partial charge in [0.25, 0.3) is 0 Å². The van der Waals surface area contributed by atoms with E-state index in [9.17, 15) is 8.78 Å². The van der Waals surface area contributed by atoms with Crippen molar-refractivity contribution in [3.05, 3.63) is 42.0 Å². The van der Waals surface area contributed by atoms with Crippen molar-refractivity contribution in [3.63, 3.8) is 0 Å². The van der Waals surface area contributed by atoms with E-state index in [0.29, 0.717) is 32.5 Å². The summed E-state index contributed by atoms with van der Waals surface area (Å²) < 4.78 is 36.3. The average Bonchev–Trinajstić information content (AvgIpc) is 2.98. The number of methoxy groups -OCH3 is 2. The lowest BCUT2D eigenvalue weighted by molar-refractivity contribution is 0.416. The molecule has 0 bridgehead atoms. The van der Waals surface area contributed by atoms with Crippen molar-refractivity contribution < 1.29 is 18.3 Å². The second-order valence-electron chi connectivity index (χ2n) is 4.81. The quantitative estimate of drug-likeness (QED) is 0.487. The lowest BCUT2D eigenvalue weighted by Crippen LogP contribution is -2.19. The maximum Gasteiger partial charge on any atom is 0.181 e. The van der Waals surface area contributed by atoms with Crippen LogP contribution < -0.4 is 26.3 Å². The standard InChI is InChI=1S/C8H7FN2OS.C8H9FN2OS.BrH/c1-12-5-3-2-4(9)7-6(5)11-8(10)13-7;1-12-7-3-2-5(9)4-6(7)11-8(10)13;/h2-3H,1H3,(H2,10,11);2-4H,1H3,(H3,10,11,13);1H. The van der Waals surface area contributed by atoms with Gasteiger partial charge < -0.3 is 26.3 Å². The Kier molecular flexibility index (Phi) is 8.60. The lowest BCUT2D eigenvalue weighted by atomic mass is 10.3. The van der Waals surface area contributed by atoms with E-state index in [2.05, 4.69) is 22.5 Å². The third-order valence-corrected chi connectivity index (χ3v) is 4.11. The van der Waals surface area contributed by atoms with Gasteiger partial charge in [0, 0.05) is 6.07 Å². The number of rotatable bonds is 3. The molecule has 11 heteroatoms. The molecule has 6 nitrogen and oxygen atoms in total. The Morgan fingerprint density at radius 1 is 1.15 bits per heavy atom. The van der Waals surface area contributed by atoms with Crippen molar-refractivity contribution in [1.82, 2.24) is 4.98 Å². The molecular weight excluding hydrogens is 462 g/mol. The molecule has 0 radical (unpaired) electrons. The number of nitrogens with zero attached hydrogens (tertiary/aromatic N) is 1. The van der Waals surface area contributed by atoms with Crippen LogP contribution in [0.15, 0.2) is 30.3 Å². The zero-order valence-electron chi connectivity index (χ0n) is 14.3. The zero-order valence-corrected chi connectivity index (χ0v) is 17.6. The van der Waals surface area contributed by atoms with Crippen LogP contribution >= 0.6 is 40.5 Å². The third-order valence-electron chi connectivity index (χ3n) is 3.11. The van der Waals surface area contributed by atoms with E-state index in [1.807, 2.05) is 0 Å². The largest absolute Gasteiger partial charge is 0.495 e. The molecule has 0 aliphatic heterocycles. The molecule has 0 aliphatic carbocycles. The number of ether oxygens (including phenoxy) is 2. The number of nitrogens with two attached hydrogens (primary N) is 2. The molecule has 0 fully saturated rings. The van der Waals surface area contributed by atoms with E-state index < -0.39 is 0 Å². The van der Waals surface area contributed by atoms with Crippen LogP contribution in [-0.4, -0.2) is 24.3 Å². The molecule has 1 aromatic heterocycles. The highest BCUT2D eigenvalue weighted by atomic mass is 79.9. The summed E-state index contributed by atoms with van der Waals surface area (Å²) in [6, 6.07) is 6.94. The summed E-state index contributed by atoms with van der Waals surface area (Å²) in [5, 5.41) is 3.03. The summed E-state index contributed by atoms with van der Waals surface area (Å²) in [6.45, 7) is 0. The molecule has 0 atom stereocenters. The Bertz CT molecular complexity index is 940. The number of thiazole rings is 1. The van der Waals surface area contributed by atoms with Gasteiger partial charge in [-0.1, -0.05) is 11.3 Å². The lowest BCUT2D eigenvalue weighted by Gasteiger charge is -2.08. The van der Waals surface area contributed by atoms with Gasteiger partial charge in [-0.05, 0) is 36.5 Å². The van der Waals surface area contributed by atoms with Crippen LogP contribution in [0.5, 0.6) is 11.5 Å². The van der Waals surface area contributed by atoms with Crippen molar-refractivity contribution in [3.8, 4) is 11.5 Å². The van der Waals surface area contributed by atoms with Gasteiger partial charge in [-0.2, -0.15) is 0 Å². The van der Waals surface area contributed by atoms with Gasteiger partial charge in [0.05, 0.1) is 24.6 Å². The molecule has 2 aromatic carbocycles. The Labute approximate surface area is 174 Å². The highest BCUT2D eigenvalue weighted by molar-refractivity contribution is 8.93. The van der Waals surface area contributed by atoms with Crippen LogP contribution in [0.2, 0.25) is 0 Å².